The fraction of sp³-hybridized carbons (Fsp3) is 0.700. The lowest BCUT2D eigenvalue weighted by Gasteiger charge is -2.32. The molecule has 122 valence electrons. The van der Waals surface area contributed by atoms with Crippen LogP contribution in [-0.2, 0) is 6.42 Å². The van der Waals surface area contributed by atoms with Crippen LogP contribution in [0.1, 0.15) is 68.9 Å². The molecule has 0 spiro atoms. The number of rotatable bonds is 4. The quantitative estimate of drug-likeness (QED) is 0.621. The number of hydrogen-bond acceptors (Lipinski definition) is 0. The molecule has 0 heterocycles. The van der Waals surface area contributed by atoms with Gasteiger partial charge in [-0.15, -0.1) is 0 Å². The maximum atomic E-state index is 13.9. The van der Waals surface area contributed by atoms with Crippen molar-refractivity contribution in [2.45, 2.75) is 71.1 Å². The SMILES string of the molecule is Cc1ccc(CCC2CCC(C3CCCC3)CC2)c(F)c1F. The van der Waals surface area contributed by atoms with Crippen molar-refractivity contribution in [1.29, 1.82) is 0 Å². The van der Waals surface area contributed by atoms with E-state index in [4.69, 9.17) is 0 Å². The van der Waals surface area contributed by atoms with Gasteiger partial charge in [0, 0.05) is 0 Å². The first kappa shape index (κ1) is 16.0. The fourth-order valence-electron chi connectivity index (χ4n) is 4.62. The zero-order chi connectivity index (χ0) is 15.5. The Morgan fingerprint density at radius 1 is 0.864 bits per heavy atom. The van der Waals surface area contributed by atoms with Crippen LogP contribution in [0, 0.1) is 36.3 Å². The van der Waals surface area contributed by atoms with E-state index >= 15 is 0 Å². The van der Waals surface area contributed by atoms with Crippen LogP contribution in [0.25, 0.3) is 0 Å². The number of aryl methyl sites for hydroxylation is 2. The highest BCUT2D eigenvalue weighted by atomic mass is 19.2. The molecule has 2 saturated carbocycles. The molecule has 2 aliphatic carbocycles. The van der Waals surface area contributed by atoms with E-state index in [0.717, 1.165) is 18.3 Å². The van der Waals surface area contributed by atoms with Gasteiger partial charge in [-0.1, -0.05) is 50.7 Å². The number of hydrogen-bond donors (Lipinski definition) is 0. The van der Waals surface area contributed by atoms with E-state index in [1.54, 1.807) is 19.1 Å². The van der Waals surface area contributed by atoms with E-state index in [-0.39, 0.29) is 0 Å². The maximum absolute atomic E-state index is 13.9. The van der Waals surface area contributed by atoms with E-state index < -0.39 is 11.6 Å². The molecule has 0 amide bonds. The standard InChI is InChI=1S/C20H28F2/c1-14-6-10-18(20(22)19(14)21)13-9-15-7-11-17(12-8-15)16-4-2-3-5-16/h6,10,15-17H,2-5,7-9,11-13H2,1H3. The zero-order valence-electron chi connectivity index (χ0n) is 13.7. The predicted octanol–water partition coefficient (Wildman–Crippen LogP) is 6.20. The first-order chi connectivity index (χ1) is 10.6. The third-order valence-electron chi connectivity index (χ3n) is 6.14. The van der Waals surface area contributed by atoms with Crippen molar-refractivity contribution in [3.8, 4) is 0 Å². The third-order valence-corrected chi connectivity index (χ3v) is 6.14. The Kier molecular flexibility index (Phi) is 5.15. The van der Waals surface area contributed by atoms with Crippen LogP contribution in [0.2, 0.25) is 0 Å². The Bertz CT molecular complexity index is 495. The van der Waals surface area contributed by atoms with Gasteiger partial charge in [0.2, 0.25) is 0 Å². The van der Waals surface area contributed by atoms with E-state index in [1.165, 1.54) is 51.4 Å². The smallest absolute Gasteiger partial charge is 0.162 e. The Labute approximate surface area is 133 Å². The lowest BCUT2D eigenvalue weighted by molar-refractivity contribution is 0.200. The van der Waals surface area contributed by atoms with Gasteiger partial charge >= 0.3 is 0 Å². The van der Waals surface area contributed by atoms with Crippen LogP contribution in [0.4, 0.5) is 8.78 Å². The van der Waals surface area contributed by atoms with E-state index in [1.807, 2.05) is 0 Å². The highest BCUT2D eigenvalue weighted by Crippen LogP contribution is 2.41. The molecule has 3 rings (SSSR count). The van der Waals surface area contributed by atoms with Gasteiger partial charge in [0.1, 0.15) is 0 Å². The minimum Gasteiger partial charge on any atom is -0.203 e. The number of halogens is 2. The van der Waals surface area contributed by atoms with Crippen LogP contribution < -0.4 is 0 Å². The molecule has 0 radical (unpaired) electrons. The van der Waals surface area contributed by atoms with Crippen molar-refractivity contribution < 1.29 is 8.78 Å². The van der Waals surface area contributed by atoms with Crippen molar-refractivity contribution in [2.75, 3.05) is 0 Å². The van der Waals surface area contributed by atoms with Crippen molar-refractivity contribution >= 4 is 0 Å². The summed E-state index contributed by atoms with van der Waals surface area (Å²) < 4.78 is 27.5. The van der Waals surface area contributed by atoms with Crippen molar-refractivity contribution in [3.63, 3.8) is 0 Å². The molecule has 1 aromatic carbocycles. The Balaban J connectivity index is 1.48. The summed E-state index contributed by atoms with van der Waals surface area (Å²) in [5.41, 5.74) is 0.958. The summed E-state index contributed by atoms with van der Waals surface area (Å²) >= 11 is 0. The van der Waals surface area contributed by atoms with Gasteiger partial charge in [-0.25, -0.2) is 8.78 Å². The molecule has 1 aromatic rings. The van der Waals surface area contributed by atoms with Gasteiger partial charge in [-0.2, -0.15) is 0 Å². The highest BCUT2D eigenvalue weighted by Gasteiger charge is 2.29. The molecule has 2 aliphatic rings. The molecule has 2 heteroatoms. The van der Waals surface area contributed by atoms with Crippen LogP contribution in [0.3, 0.4) is 0 Å². The van der Waals surface area contributed by atoms with Crippen molar-refractivity contribution in [3.05, 3.63) is 34.9 Å². The molecule has 2 fully saturated rings. The topological polar surface area (TPSA) is 0 Å². The summed E-state index contributed by atoms with van der Waals surface area (Å²) in [6.07, 6.45) is 12.8. The maximum Gasteiger partial charge on any atom is 0.162 e. The Morgan fingerprint density at radius 2 is 1.50 bits per heavy atom. The largest absolute Gasteiger partial charge is 0.203 e. The van der Waals surface area contributed by atoms with Gasteiger partial charge < -0.3 is 0 Å². The lowest BCUT2D eigenvalue weighted by Crippen LogP contribution is -2.20. The van der Waals surface area contributed by atoms with Crippen molar-refractivity contribution in [2.24, 2.45) is 17.8 Å². The minimum absolute atomic E-state index is 0.401. The van der Waals surface area contributed by atoms with Gasteiger partial charge in [0.05, 0.1) is 0 Å². The molecule has 22 heavy (non-hydrogen) atoms. The second kappa shape index (κ2) is 7.10. The van der Waals surface area contributed by atoms with Crippen LogP contribution in [0.15, 0.2) is 12.1 Å². The second-order valence-electron chi connectivity index (χ2n) is 7.53. The normalized spacial score (nSPS) is 26.5. The summed E-state index contributed by atoms with van der Waals surface area (Å²) in [5, 5.41) is 0. The van der Waals surface area contributed by atoms with E-state index in [2.05, 4.69) is 0 Å². The predicted molar refractivity (Wildman–Crippen MR) is 86.8 cm³/mol. The lowest BCUT2D eigenvalue weighted by atomic mass is 9.74. The average molecular weight is 306 g/mol. The molecule has 0 aromatic heterocycles. The molecular weight excluding hydrogens is 278 g/mol. The monoisotopic (exact) mass is 306 g/mol. The average Bonchev–Trinajstić information content (AvgIpc) is 3.07. The molecule has 0 saturated heterocycles. The highest BCUT2D eigenvalue weighted by molar-refractivity contribution is 5.25. The first-order valence-electron chi connectivity index (χ1n) is 9.08. The zero-order valence-corrected chi connectivity index (χ0v) is 13.7. The van der Waals surface area contributed by atoms with E-state index in [0.29, 0.717) is 23.5 Å². The summed E-state index contributed by atoms with van der Waals surface area (Å²) in [6, 6.07) is 3.46. The molecule has 0 nitrogen and oxygen atoms in total. The summed E-state index contributed by atoms with van der Waals surface area (Å²) in [4.78, 5) is 0. The molecule has 0 N–H and O–H groups in total. The fourth-order valence-corrected chi connectivity index (χ4v) is 4.62. The van der Waals surface area contributed by atoms with Gasteiger partial charge in [-0.3, -0.25) is 0 Å². The summed E-state index contributed by atoms with van der Waals surface area (Å²) in [7, 11) is 0. The summed E-state index contributed by atoms with van der Waals surface area (Å²) in [5.74, 6) is 1.36. The third kappa shape index (κ3) is 3.52. The molecule has 0 aliphatic heterocycles. The minimum atomic E-state index is -0.664. The Hall–Kier alpha value is -0.920. The Morgan fingerprint density at radius 3 is 2.18 bits per heavy atom. The van der Waals surface area contributed by atoms with Crippen molar-refractivity contribution in [1.82, 2.24) is 0 Å². The number of benzene rings is 1. The second-order valence-corrected chi connectivity index (χ2v) is 7.53. The molecule has 0 bridgehead atoms. The molecule has 0 unspecified atom stereocenters. The van der Waals surface area contributed by atoms with E-state index in [9.17, 15) is 8.78 Å². The molecular formula is C20H28F2. The van der Waals surface area contributed by atoms with Crippen LogP contribution >= 0.6 is 0 Å². The molecule has 0 atom stereocenters. The first-order valence-corrected chi connectivity index (χ1v) is 9.08. The summed E-state index contributed by atoms with van der Waals surface area (Å²) in [6.45, 7) is 1.62. The van der Waals surface area contributed by atoms with Gasteiger partial charge in [-0.05, 0) is 61.5 Å². The van der Waals surface area contributed by atoms with Crippen LogP contribution in [-0.4, -0.2) is 0 Å². The van der Waals surface area contributed by atoms with Crippen LogP contribution in [0.5, 0.6) is 0 Å². The van der Waals surface area contributed by atoms with Gasteiger partial charge in [0.15, 0.2) is 11.6 Å². The van der Waals surface area contributed by atoms with Gasteiger partial charge in [0.25, 0.3) is 0 Å².